The number of rotatable bonds is 1. The van der Waals surface area contributed by atoms with Crippen LogP contribution in [0.25, 0.3) is 0 Å². The molecule has 0 amide bonds. The normalized spacial score (nSPS) is 50.6. The highest BCUT2D eigenvalue weighted by Gasteiger charge is 2.71. The fraction of sp³-hybridized carbons (Fsp3) is 0.840. The van der Waals surface area contributed by atoms with Gasteiger partial charge in [0.1, 0.15) is 11.9 Å². The van der Waals surface area contributed by atoms with E-state index in [1.54, 1.807) is 0 Å². The first-order chi connectivity index (χ1) is 13.5. The first kappa shape index (κ1) is 19.8. The molecule has 0 unspecified atom stereocenters. The molecule has 9 atom stereocenters. The van der Waals surface area contributed by atoms with Gasteiger partial charge < -0.3 is 9.84 Å². The summed E-state index contributed by atoms with van der Waals surface area (Å²) >= 11 is 0. The van der Waals surface area contributed by atoms with Crippen molar-refractivity contribution in [2.45, 2.75) is 85.4 Å². The Labute approximate surface area is 174 Å². The Morgan fingerprint density at radius 2 is 1.86 bits per heavy atom. The lowest BCUT2D eigenvalue weighted by molar-refractivity contribution is -0.161. The van der Waals surface area contributed by atoms with Crippen molar-refractivity contribution < 1.29 is 19.4 Å². The van der Waals surface area contributed by atoms with Crippen molar-refractivity contribution in [3.63, 3.8) is 0 Å². The lowest BCUT2D eigenvalue weighted by atomic mass is 9.46. The van der Waals surface area contributed by atoms with Crippen LogP contribution in [-0.4, -0.2) is 29.1 Å². The number of carbonyl (C=O) groups excluding carboxylic acids is 2. The second-order valence-corrected chi connectivity index (χ2v) is 12.2. The molecule has 4 nitrogen and oxygen atoms in total. The Kier molecular flexibility index (Phi) is 4.07. The SMILES string of the molecule is CC(C)(C)C(=O)O[C@H]1CC[C@@]2(C)C(=C[C@H](O)[C@H]3[C@@H]4[C@@H]5C[C@@H]5C(=O)[C@@]4(C)CC[C@@H]32)C1. The van der Waals surface area contributed by atoms with Crippen LogP contribution in [0.15, 0.2) is 11.6 Å². The van der Waals surface area contributed by atoms with Crippen LogP contribution in [0.1, 0.15) is 73.1 Å². The Balaban J connectivity index is 1.42. The molecule has 0 spiro atoms. The third-order valence-corrected chi connectivity index (χ3v) is 9.43. The Hall–Kier alpha value is -1.16. The molecule has 0 aromatic rings. The number of aliphatic hydroxyl groups excluding tert-OH is 1. The molecule has 160 valence electrons. The number of fused-ring (bicyclic) bond motifs is 7. The third kappa shape index (κ3) is 2.66. The van der Waals surface area contributed by atoms with Gasteiger partial charge in [0.2, 0.25) is 0 Å². The first-order valence-electron chi connectivity index (χ1n) is 11.6. The van der Waals surface area contributed by atoms with Gasteiger partial charge in [-0.1, -0.05) is 25.5 Å². The third-order valence-electron chi connectivity index (χ3n) is 9.43. The van der Waals surface area contributed by atoms with Crippen molar-refractivity contribution in [1.29, 1.82) is 0 Å². The summed E-state index contributed by atoms with van der Waals surface area (Å²) in [5, 5.41) is 11.2. The van der Waals surface area contributed by atoms with E-state index >= 15 is 0 Å². The summed E-state index contributed by atoms with van der Waals surface area (Å²) in [5.41, 5.74) is 0.642. The van der Waals surface area contributed by atoms with Crippen LogP contribution in [0.3, 0.4) is 0 Å². The van der Waals surface area contributed by atoms with E-state index in [1.807, 2.05) is 20.8 Å². The number of aliphatic hydroxyl groups is 1. The van der Waals surface area contributed by atoms with E-state index < -0.39 is 11.5 Å². The smallest absolute Gasteiger partial charge is 0.311 e. The molecule has 5 aliphatic rings. The van der Waals surface area contributed by atoms with Gasteiger partial charge in [0, 0.05) is 17.8 Å². The van der Waals surface area contributed by atoms with Crippen molar-refractivity contribution in [2.24, 2.45) is 45.8 Å². The Bertz CT molecular complexity index is 791. The molecule has 29 heavy (non-hydrogen) atoms. The minimum atomic E-state index is -0.490. The average Bonchev–Trinajstić information content (AvgIpc) is 3.37. The Morgan fingerprint density at radius 3 is 2.55 bits per heavy atom. The van der Waals surface area contributed by atoms with E-state index in [0.717, 1.165) is 38.5 Å². The number of esters is 1. The summed E-state index contributed by atoms with van der Waals surface area (Å²) in [6, 6.07) is 0. The van der Waals surface area contributed by atoms with Crippen molar-refractivity contribution in [2.75, 3.05) is 0 Å². The lowest BCUT2D eigenvalue weighted by Crippen LogP contribution is -2.56. The highest BCUT2D eigenvalue weighted by molar-refractivity contribution is 5.92. The molecule has 4 saturated carbocycles. The van der Waals surface area contributed by atoms with E-state index in [0.29, 0.717) is 23.5 Å². The largest absolute Gasteiger partial charge is 0.462 e. The van der Waals surface area contributed by atoms with Gasteiger partial charge in [0.15, 0.2) is 0 Å². The zero-order chi connectivity index (χ0) is 20.9. The number of hydrogen-bond donors (Lipinski definition) is 1. The summed E-state index contributed by atoms with van der Waals surface area (Å²) in [5.74, 6) is 2.12. The highest BCUT2D eigenvalue weighted by atomic mass is 16.5. The molecule has 4 heteroatoms. The average molecular weight is 401 g/mol. The molecule has 0 aromatic heterocycles. The van der Waals surface area contributed by atoms with E-state index in [1.165, 1.54) is 5.57 Å². The van der Waals surface area contributed by atoms with Crippen LogP contribution in [-0.2, 0) is 14.3 Å². The lowest BCUT2D eigenvalue weighted by Gasteiger charge is -2.58. The summed E-state index contributed by atoms with van der Waals surface area (Å²) in [4.78, 5) is 25.3. The van der Waals surface area contributed by atoms with E-state index in [9.17, 15) is 14.7 Å². The van der Waals surface area contributed by atoms with Gasteiger partial charge in [-0.05, 0) is 82.0 Å². The number of ether oxygens (including phenoxy) is 1. The molecule has 0 saturated heterocycles. The Morgan fingerprint density at radius 1 is 1.17 bits per heavy atom. The second-order valence-electron chi connectivity index (χ2n) is 12.2. The summed E-state index contributed by atoms with van der Waals surface area (Å²) in [6.07, 6.45) is 7.21. The molecular weight excluding hydrogens is 364 g/mol. The van der Waals surface area contributed by atoms with Crippen LogP contribution in [0.5, 0.6) is 0 Å². The molecule has 0 aliphatic heterocycles. The standard InChI is InChI=1S/C25H36O4/c1-23(2,3)22(28)29-14-6-8-24(4)13(10-14)11-18(26)19-17(24)7-9-25(5)20(19)15-12-16(15)21(25)27/h11,14-20,26H,6-10,12H2,1-5H3/t14-,15+,16-,17-,18-,19-,20-,24-,25-/m0/s1. The predicted molar refractivity (Wildman–Crippen MR) is 110 cm³/mol. The molecule has 0 aromatic carbocycles. The molecule has 0 heterocycles. The second kappa shape index (κ2) is 5.96. The van der Waals surface area contributed by atoms with Gasteiger partial charge in [-0.2, -0.15) is 0 Å². The molecule has 4 fully saturated rings. The van der Waals surface area contributed by atoms with Gasteiger partial charge >= 0.3 is 5.97 Å². The first-order valence-corrected chi connectivity index (χ1v) is 11.6. The molecular formula is C25H36O4. The maximum Gasteiger partial charge on any atom is 0.311 e. The minimum absolute atomic E-state index is 0.0614. The van der Waals surface area contributed by atoms with E-state index in [2.05, 4.69) is 19.9 Å². The van der Waals surface area contributed by atoms with Crippen molar-refractivity contribution in [1.82, 2.24) is 0 Å². The summed E-state index contributed by atoms with van der Waals surface area (Å²) in [6.45, 7) is 10.2. The van der Waals surface area contributed by atoms with E-state index in [-0.39, 0.29) is 34.7 Å². The number of ketones is 1. The van der Waals surface area contributed by atoms with E-state index in [4.69, 9.17) is 4.74 Å². The van der Waals surface area contributed by atoms with Gasteiger partial charge in [-0.25, -0.2) is 0 Å². The fourth-order valence-corrected chi connectivity index (χ4v) is 7.69. The fourth-order valence-electron chi connectivity index (χ4n) is 7.69. The maximum atomic E-state index is 12.9. The van der Waals surface area contributed by atoms with Gasteiger partial charge in [-0.15, -0.1) is 0 Å². The van der Waals surface area contributed by atoms with Gasteiger partial charge in [-0.3, -0.25) is 9.59 Å². The monoisotopic (exact) mass is 400 g/mol. The summed E-state index contributed by atoms with van der Waals surface area (Å²) < 4.78 is 5.84. The van der Waals surface area contributed by atoms with Gasteiger partial charge in [0.05, 0.1) is 11.5 Å². The highest BCUT2D eigenvalue weighted by Crippen LogP contribution is 2.71. The van der Waals surface area contributed by atoms with Crippen LogP contribution in [0.4, 0.5) is 0 Å². The van der Waals surface area contributed by atoms with Crippen molar-refractivity contribution in [3.8, 4) is 0 Å². The summed E-state index contributed by atoms with van der Waals surface area (Å²) in [7, 11) is 0. The zero-order valence-electron chi connectivity index (χ0n) is 18.5. The predicted octanol–water partition coefficient (Wildman–Crippen LogP) is 4.30. The van der Waals surface area contributed by atoms with Crippen LogP contribution >= 0.6 is 0 Å². The molecule has 5 aliphatic carbocycles. The molecule has 1 N–H and O–H groups in total. The molecule has 5 rings (SSSR count). The number of Topliss-reactive ketones (excluding diaryl/α,β-unsaturated/α-hetero) is 1. The van der Waals surface area contributed by atoms with Gasteiger partial charge in [0.25, 0.3) is 0 Å². The topological polar surface area (TPSA) is 63.6 Å². The maximum absolute atomic E-state index is 12.9. The minimum Gasteiger partial charge on any atom is -0.462 e. The number of carbonyl (C=O) groups is 2. The van der Waals surface area contributed by atoms with Crippen molar-refractivity contribution in [3.05, 3.63) is 11.6 Å². The zero-order valence-corrected chi connectivity index (χ0v) is 18.5. The quantitative estimate of drug-likeness (QED) is 0.526. The van der Waals surface area contributed by atoms with Crippen molar-refractivity contribution >= 4 is 11.8 Å². The number of hydrogen-bond acceptors (Lipinski definition) is 4. The van der Waals surface area contributed by atoms with Crippen LogP contribution in [0.2, 0.25) is 0 Å². The van der Waals surface area contributed by atoms with Crippen LogP contribution < -0.4 is 0 Å². The molecule has 0 radical (unpaired) electrons. The van der Waals surface area contributed by atoms with Crippen LogP contribution in [0, 0.1) is 45.8 Å². The molecule has 0 bridgehead atoms.